The van der Waals surface area contributed by atoms with Crippen molar-refractivity contribution >= 4 is 17.6 Å². The zero-order chi connectivity index (χ0) is 12.8. The molecule has 4 heteroatoms. The molecule has 92 valence electrons. The predicted octanol–water partition coefficient (Wildman–Crippen LogP) is 1.28. The average Bonchev–Trinajstić information content (AvgIpc) is 2.27. The Morgan fingerprint density at radius 1 is 1.18 bits per heavy atom. The molecule has 0 spiro atoms. The second kappa shape index (κ2) is 6.03. The van der Waals surface area contributed by atoms with Crippen LogP contribution in [-0.4, -0.2) is 11.9 Å². The van der Waals surface area contributed by atoms with Crippen molar-refractivity contribution in [3.05, 3.63) is 29.8 Å². The number of carbonyl (C=O) groups is 2. The molecule has 0 saturated heterocycles. The number of carbonyl (C=O) groups excluding carboxylic acids is 2. The van der Waals surface area contributed by atoms with Crippen molar-refractivity contribution in [1.29, 1.82) is 0 Å². The number of aliphatic carboxylic acids is 1. The van der Waals surface area contributed by atoms with Gasteiger partial charge in [-0.3, -0.25) is 4.79 Å². The molecule has 0 aliphatic heterocycles. The quantitative estimate of drug-likeness (QED) is 0.834. The molecule has 1 rings (SSSR count). The lowest BCUT2D eigenvalue weighted by molar-refractivity contribution is -0.305. The lowest BCUT2D eigenvalue weighted by Gasteiger charge is -2.08. The Morgan fingerprint density at radius 3 is 2.24 bits per heavy atom. The maximum atomic E-state index is 11.3. The fraction of sp³-hybridized carbons (Fsp3) is 0.385. The van der Waals surface area contributed by atoms with Crippen LogP contribution in [0.1, 0.15) is 38.2 Å². The number of carboxylic acids is 1. The van der Waals surface area contributed by atoms with E-state index in [1.54, 1.807) is 0 Å². The van der Waals surface area contributed by atoms with Gasteiger partial charge in [0.05, 0.1) is 0 Å². The first-order valence-electron chi connectivity index (χ1n) is 5.58. The highest BCUT2D eigenvalue weighted by molar-refractivity contribution is 5.92. The van der Waals surface area contributed by atoms with Gasteiger partial charge in [-0.1, -0.05) is 26.0 Å². The summed E-state index contributed by atoms with van der Waals surface area (Å²) in [5.74, 6) is -1.08. The number of carboxylic acid groups (broad SMARTS) is 1. The van der Waals surface area contributed by atoms with Crippen LogP contribution in [0.15, 0.2) is 24.3 Å². The third-order valence-electron chi connectivity index (χ3n) is 2.42. The molecular formula is C13H16NO3-. The van der Waals surface area contributed by atoms with Gasteiger partial charge in [0.15, 0.2) is 0 Å². The number of amides is 1. The molecule has 0 aliphatic carbocycles. The van der Waals surface area contributed by atoms with Crippen LogP contribution in [0.5, 0.6) is 0 Å². The van der Waals surface area contributed by atoms with Crippen LogP contribution in [0.3, 0.4) is 0 Å². The van der Waals surface area contributed by atoms with Crippen LogP contribution >= 0.6 is 0 Å². The molecule has 1 N–H and O–H groups in total. The molecule has 1 amide bonds. The summed E-state index contributed by atoms with van der Waals surface area (Å²) in [6.45, 7) is 4.18. The van der Waals surface area contributed by atoms with Gasteiger partial charge >= 0.3 is 0 Å². The van der Waals surface area contributed by atoms with Gasteiger partial charge < -0.3 is 15.2 Å². The van der Waals surface area contributed by atoms with Gasteiger partial charge in [0.25, 0.3) is 0 Å². The highest BCUT2D eigenvalue weighted by atomic mass is 16.4. The average molecular weight is 234 g/mol. The van der Waals surface area contributed by atoms with Crippen molar-refractivity contribution in [3.63, 3.8) is 0 Å². The van der Waals surface area contributed by atoms with Crippen molar-refractivity contribution in [2.45, 2.75) is 32.6 Å². The van der Waals surface area contributed by atoms with Crippen molar-refractivity contribution in [3.8, 4) is 0 Å². The molecular weight excluding hydrogens is 218 g/mol. The Labute approximate surface area is 101 Å². The maximum Gasteiger partial charge on any atom is 0.224 e. The van der Waals surface area contributed by atoms with E-state index in [9.17, 15) is 14.7 Å². The molecule has 0 fully saturated rings. The predicted molar refractivity (Wildman–Crippen MR) is 63.4 cm³/mol. The topological polar surface area (TPSA) is 69.2 Å². The van der Waals surface area contributed by atoms with Gasteiger partial charge in [-0.2, -0.15) is 0 Å². The molecule has 0 aliphatic rings. The summed E-state index contributed by atoms with van der Waals surface area (Å²) in [6.07, 6.45) is -0.315. The molecule has 0 atom stereocenters. The number of hydrogen-bond donors (Lipinski definition) is 1. The molecule has 1 aromatic rings. The monoisotopic (exact) mass is 234 g/mol. The van der Waals surface area contributed by atoms with Crippen molar-refractivity contribution in [2.24, 2.45) is 0 Å². The summed E-state index contributed by atoms with van der Waals surface area (Å²) < 4.78 is 0. The van der Waals surface area contributed by atoms with E-state index in [2.05, 4.69) is 19.2 Å². The van der Waals surface area contributed by atoms with E-state index in [1.165, 1.54) is 5.56 Å². The van der Waals surface area contributed by atoms with Crippen molar-refractivity contribution in [1.82, 2.24) is 0 Å². The molecule has 4 nitrogen and oxygen atoms in total. The Kier molecular flexibility index (Phi) is 4.69. The molecule has 0 radical (unpaired) electrons. The van der Waals surface area contributed by atoms with Crippen LogP contribution < -0.4 is 10.4 Å². The fourth-order valence-electron chi connectivity index (χ4n) is 1.39. The minimum Gasteiger partial charge on any atom is -0.550 e. The summed E-state index contributed by atoms with van der Waals surface area (Å²) in [7, 11) is 0. The number of benzene rings is 1. The number of hydrogen-bond acceptors (Lipinski definition) is 3. The van der Waals surface area contributed by atoms with Gasteiger partial charge in [-0.15, -0.1) is 0 Å². The zero-order valence-corrected chi connectivity index (χ0v) is 10.0. The molecule has 0 bridgehead atoms. The SMILES string of the molecule is CC(C)c1ccc(NC(=O)CCC(=O)[O-])cc1. The largest absolute Gasteiger partial charge is 0.550 e. The smallest absolute Gasteiger partial charge is 0.224 e. The van der Waals surface area contributed by atoms with Gasteiger partial charge in [-0.05, 0) is 30.0 Å². The molecule has 0 unspecified atom stereocenters. The van der Waals surface area contributed by atoms with E-state index in [1.807, 2.05) is 24.3 Å². The molecule has 0 heterocycles. The number of anilines is 1. The molecule has 0 aromatic heterocycles. The second-order valence-electron chi connectivity index (χ2n) is 4.20. The van der Waals surface area contributed by atoms with Gasteiger partial charge in [0, 0.05) is 18.1 Å². The zero-order valence-electron chi connectivity index (χ0n) is 10.0. The van der Waals surface area contributed by atoms with E-state index in [-0.39, 0.29) is 18.7 Å². The number of rotatable bonds is 5. The third kappa shape index (κ3) is 4.68. The lowest BCUT2D eigenvalue weighted by atomic mass is 10.0. The van der Waals surface area contributed by atoms with Crippen LogP contribution in [-0.2, 0) is 9.59 Å². The van der Waals surface area contributed by atoms with Crippen LogP contribution in [0.2, 0.25) is 0 Å². The van der Waals surface area contributed by atoms with E-state index in [4.69, 9.17) is 0 Å². The normalized spacial score (nSPS) is 10.3. The first-order valence-corrected chi connectivity index (χ1v) is 5.58. The Balaban J connectivity index is 2.51. The fourth-order valence-corrected chi connectivity index (χ4v) is 1.39. The van der Waals surface area contributed by atoms with Gasteiger partial charge in [-0.25, -0.2) is 0 Å². The maximum absolute atomic E-state index is 11.3. The minimum atomic E-state index is -1.21. The summed E-state index contributed by atoms with van der Waals surface area (Å²) >= 11 is 0. The second-order valence-corrected chi connectivity index (χ2v) is 4.20. The van der Waals surface area contributed by atoms with Crippen LogP contribution in [0, 0.1) is 0 Å². The Hall–Kier alpha value is -1.84. The van der Waals surface area contributed by atoms with Crippen molar-refractivity contribution in [2.75, 3.05) is 5.32 Å². The summed E-state index contributed by atoms with van der Waals surface area (Å²) in [5, 5.41) is 12.8. The van der Waals surface area contributed by atoms with E-state index in [0.29, 0.717) is 11.6 Å². The molecule has 17 heavy (non-hydrogen) atoms. The van der Waals surface area contributed by atoms with Crippen LogP contribution in [0.25, 0.3) is 0 Å². The van der Waals surface area contributed by atoms with Crippen LogP contribution in [0.4, 0.5) is 5.69 Å². The highest BCUT2D eigenvalue weighted by Gasteiger charge is 2.03. The van der Waals surface area contributed by atoms with Gasteiger partial charge in [0.2, 0.25) is 5.91 Å². The third-order valence-corrected chi connectivity index (χ3v) is 2.42. The Bertz CT molecular complexity index is 396. The van der Waals surface area contributed by atoms with Crippen molar-refractivity contribution < 1.29 is 14.7 Å². The van der Waals surface area contributed by atoms with E-state index in [0.717, 1.165) is 0 Å². The molecule has 1 aromatic carbocycles. The van der Waals surface area contributed by atoms with E-state index >= 15 is 0 Å². The van der Waals surface area contributed by atoms with E-state index < -0.39 is 5.97 Å². The standard InChI is InChI=1S/C13H17NO3/c1-9(2)10-3-5-11(6-4-10)14-12(15)7-8-13(16)17/h3-6,9H,7-8H2,1-2H3,(H,14,15)(H,16,17)/p-1. The first kappa shape index (κ1) is 13.2. The minimum absolute atomic E-state index is 0.0612. The summed E-state index contributed by atoms with van der Waals surface area (Å²) in [6, 6.07) is 7.51. The Morgan fingerprint density at radius 2 is 1.76 bits per heavy atom. The molecule has 0 saturated carbocycles. The summed E-state index contributed by atoms with van der Waals surface area (Å²) in [5.41, 5.74) is 1.87. The van der Waals surface area contributed by atoms with Gasteiger partial charge in [0.1, 0.15) is 0 Å². The highest BCUT2D eigenvalue weighted by Crippen LogP contribution is 2.17. The number of nitrogens with one attached hydrogen (secondary N) is 1. The lowest BCUT2D eigenvalue weighted by Crippen LogP contribution is -2.24. The summed E-state index contributed by atoms with van der Waals surface area (Å²) in [4.78, 5) is 21.5. The first-order chi connectivity index (χ1) is 7.99.